The van der Waals surface area contributed by atoms with Crippen molar-refractivity contribution in [2.45, 2.75) is 58.7 Å². The summed E-state index contributed by atoms with van der Waals surface area (Å²) < 4.78 is 1.49. The van der Waals surface area contributed by atoms with Gasteiger partial charge in [0.2, 0.25) is 0 Å². The van der Waals surface area contributed by atoms with Crippen molar-refractivity contribution in [1.82, 2.24) is 19.9 Å². The molecule has 140 valence electrons. The molecule has 0 aromatic carbocycles. The van der Waals surface area contributed by atoms with Crippen LogP contribution in [-0.4, -0.2) is 43.9 Å². The van der Waals surface area contributed by atoms with Crippen molar-refractivity contribution >= 4 is 22.7 Å². The number of aromatic nitrogens is 3. The van der Waals surface area contributed by atoms with Crippen LogP contribution in [0.1, 0.15) is 41.0 Å². The molecule has 0 amide bonds. The van der Waals surface area contributed by atoms with Crippen LogP contribution in [0.25, 0.3) is 11.0 Å². The van der Waals surface area contributed by atoms with E-state index in [1.165, 1.54) is 4.57 Å². The molecule has 25 heavy (non-hydrogen) atoms. The summed E-state index contributed by atoms with van der Waals surface area (Å²) in [5, 5.41) is 16.7. The first kappa shape index (κ1) is 19.3. The van der Waals surface area contributed by atoms with Crippen LogP contribution in [0.3, 0.4) is 0 Å². The van der Waals surface area contributed by atoms with Crippen molar-refractivity contribution in [3.8, 4) is 0 Å². The molecule has 0 unspecified atom stereocenters. The number of nitrogens with two attached hydrogens (primary N) is 1. The van der Waals surface area contributed by atoms with Gasteiger partial charge in [0.15, 0.2) is 5.82 Å². The first-order chi connectivity index (χ1) is 11.5. The molecule has 0 radical (unpaired) electrons. The van der Waals surface area contributed by atoms with Gasteiger partial charge in [-0.25, -0.2) is 9.78 Å². The van der Waals surface area contributed by atoms with Gasteiger partial charge in [-0.1, -0.05) is 0 Å². The molecule has 2 aromatic heterocycles. The molecule has 2 aromatic rings. The van der Waals surface area contributed by atoms with Crippen molar-refractivity contribution in [3.05, 3.63) is 16.6 Å². The maximum absolute atomic E-state index is 12.2. The highest BCUT2D eigenvalue weighted by atomic mass is 16.3. The summed E-state index contributed by atoms with van der Waals surface area (Å²) in [4.78, 5) is 19.2. The van der Waals surface area contributed by atoms with E-state index >= 15 is 0 Å². The van der Waals surface area contributed by atoms with Crippen LogP contribution in [0.4, 0.5) is 11.6 Å². The van der Waals surface area contributed by atoms with Gasteiger partial charge < -0.3 is 26.5 Å². The van der Waals surface area contributed by atoms with E-state index in [2.05, 4.69) is 41.4 Å². The number of hydrogen-bond donors (Lipinski definition) is 5. The van der Waals surface area contributed by atoms with E-state index in [1.807, 2.05) is 0 Å². The Balaban J connectivity index is 2.14. The topological polar surface area (TPSA) is 121 Å². The molecule has 0 saturated heterocycles. The molecule has 0 spiro atoms. The number of rotatable bonds is 7. The molecule has 6 N–H and O–H groups in total. The van der Waals surface area contributed by atoms with Gasteiger partial charge in [-0.05, 0) is 47.6 Å². The number of H-pyrrole nitrogens is 1. The largest absolute Gasteiger partial charge is 0.389 e. The van der Waals surface area contributed by atoms with E-state index in [0.717, 1.165) is 19.5 Å². The maximum atomic E-state index is 12.2. The van der Waals surface area contributed by atoms with Crippen LogP contribution in [0.5, 0.6) is 0 Å². The minimum Gasteiger partial charge on any atom is -0.389 e. The van der Waals surface area contributed by atoms with Crippen LogP contribution in [-0.2, 0) is 6.54 Å². The smallest absolute Gasteiger partial charge is 0.326 e. The Bertz CT molecular complexity index is 779. The molecule has 0 bridgehead atoms. The Kier molecular flexibility index (Phi) is 5.43. The average Bonchev–Trinajstić information content (AvgIpc) is 2.73. The number of nitrogen functional groups attached to an aromatic ring is 1. The number of hydrogen-bond acceptors (Lipinski definition) is 6. The molecule has 8 heteroatoms. The quantitative estimate of drug-likeness (QED) is 0.480. The van der Waals surface area contributed by atoms with Crippen molar-refractivity contribution in [2.24, 2.45) is 0 Å². The normalized spacial score (nSPS) is 12.7. The summed E-state index contributed by atoms with van der Waals surface area (Å²) >= 11 is 0. The van der Waals surface area contributed by atoms with E-state index in [1.54, 1.807) is 19.9 Å². The number of aromatic amines is 1. The number of nitrogens with one attached hydrogen (secondary N) is 3. The zero-order valence-corrected chi connectivity index (χ0v) is 15.7. The molecular formula is C17H30N6O2. The number of pyridine rings is 1. The lowest BCUT2D eigenvalue weighted by molar-refractivity contribution is 0.0617. The number of fused-ring (bicyclic) bond motifs is 1. The fourth-order valence-electron chi connectivity index (χ4n) is 2.58. The Morgan fingerprint density at radius 2 is 1.96 bits per heavy atom. The van der Waals surface area contributed by atoms with Gasteiger partial charge in [0.25, 0.3) is 0 Å². The second kappa shape index (κ2) is 7.05. The third kappa shape index (κ3) is 5.47. The Morgan fingerprint density at radius 1 is 1.28 bits per heavy atom. The third-order valence-corrected chi connectivity index (χ3v) is 3.65. The van der Waals surface area contributed by atoms with Crippen LogP contribution in [0, 0.1) is 0 Å². The van der Waals surface area contributed by atoms with Gasteiger partial charge in [0, 0.05) is 18.2 Å². The minimum atomic E-state index is -1.01. The van der Waals surface area contributed by atoms with Gasteiger partial charge in [0.05, 0.1) is 17.7 Å². The van der Waals surface area contributed by atoms with Gasteiger partial charge in [0.1, 0.15) is 11.3 Å². The van der Waals surface area contributed by atoms with Gasteiger partial charge in [-0.15, -0.1) is 0 Å². The lowest BCUT2D eigenvalue weighted by Gasteiger charge is -2.20. The summed E-state index contributed by atoms with van der Waals surface area (Å²) in [5.41, 5.74) is 5.89. The third-order valence-electron chi connectivity index (χ3n) is 3.65. The highest BCUT2D eigenvalue weighted by Crippen LogP contribution is 2.21. The minimum absolute atomic E-state index is 0.0971. The molecule has 2 heterocycles. The van der Waals surface area contributed by atoms with Crippen molar-refractivity contribution < 1.29 is 5.11 Å². The SMILES string of the molecule is CC(C)(O)Cn1c(=O)[nH]c2c(N)nc(NCCCNC(C)(C)C)cc21. The van der Waals surface area contributed by atoms with E-state index in [9.17, 15) is 9.90 Å². The number of nitrogens with zero attached hydrogens (tertiary/aromatic N) is 2. The van der Waals surface area contributed by atoms with Crippen LogP contribution in [0.15, 0.2) is 10.9 Å². The summed E-state index contributed by atoms with van der Waals surface area (Å²) in [6.07, 6.45) is 0.931. The number of imidazole rings is 1. The highest BCUT2D eigenvalue weighted by molar-refractivity contribution is 5.87. The fourth-order valence-corrected chi connectivity index (χ4v) is 2.58. The lowest BCUT2D eigenvalue weighted by Crippen LogP contribution is -2.36. The number of aliphatic hydroxyl groups is 1. The summed E-state index contributed by atoms with van der Waals surface area (Å²) in [7, 11) is 0. The molecule has 2 rings (SSSR count). The standard InChI is InChI=1S/C17H30N6O2/c1-16(2,3)20-8-6-7-19-12-9-11-13(14(18)21-12)22-15(24)23(11)10-17(4,5)25/h9,20,25H,6-8,10H2,1-5H3,(H,22,24)(H3,18,19,21). The molecule has 8 nitrogen and oxygen atoms in total. The van der Waals surface area contributed by atoms with E-state index in [0.29, 0.717) is 16.9 Å². The van der Waals surface area contributed by atoms with Crippen LogP contribution in [0.2, 0.25) is 0 Å². The Hall–Kier alpha value is -2.06. The van der Waals surface area contributed by atoms with Crippen molar-refractivity contribution in [2.75, 3.05) is 24.1 Å². The summed E-state index contributed by atoms with van der Waals surface area (Å²) in [5.74, 6) is 0.878. The molecule has 0 aliphatic heterocycles. The second-order valence-electron chi connectivity index (χ2n) is 8.07. The molecule has 0 aliphatic rings. The molecule has 0 aliphatic carbocycles. The fraction of sp³-hybridized carbons (Fsp3) is 0.647. The van der Waals surface area contributed by atoms with Gasteiger partial charge in [-0.2, -0.15) is 0 Å². The highest BCUT2D eigenvalue weighted by Gasteiger charge is 2.19. The molecular weight excluding hydrogens is 320 g/mol. The maximum Gasteiger partial charge on any atom is 0.326 e. The van der Waals surface area contributed by atoms with Gasteiger partial charge in [-0.3, -0.25) is 4.57 Å². The molecule has 0 saturated carbocycles. The van der Waals surface area contributed by atoms with E-state index < -0.39 is 5.60 Å². The Labute approximate surface area is 147 Å². The first-order valence-corrected chi connectivity index (χ1v) is 8.57. The van der Waals surface area contributed by atoms with E-state index in [4.69, 9.17) is 5.73 Å². The van der Waals surface area contributed by atoms with Gasteiger partial charge >= 0.3 is 5.69 Å². The zero-order valence-electron chi connectivity index (χ0n) is 15.7. The van der Waals surface area contributed by atoms with E-state index in [-0.39, 0.29) is 23.6 Å². The summed E-state index contributed by atoms with van der Waals surface area (Å²) in [6.45, 7) is 11.5. The second-order valence-corrected chi connectivity index (χ2v) is 8.07. The van der Waals surface area contributed by atoms with Crippen molar-refractivity contribution in [3.63, 3.8) is 0 Å². The first-order valence-electron chi connectivity index (χ1n) is 8.57. The zero-order chi connectivity index (χ0) is 18.8. The lowest BCUT2D eigenvalue weighted by atomic mass is 10.1. The van der Waals surface area contributed by atoms with Crippen LogP contribution < -0.4 is 22.1 Å². The number of anilines is 2. The predicted molar refractivity (Wildman–Crippen MR) is 102 cm³/mol. The summed E-state index contributed by atoms with van der Waals surface area (Å²) in [6, 6.07) is 1.78. The molecule has 0 atom stereocenters. The predicted octanol–water partition coefficient (Wildman–Crippen LogP) is 1.27. The monoisotopic (exact) mass is 350 g/mol. The molecule has 0 fully saturated rings. The Morgan fingerprint density at radius 3 is 2.56 bits per heavy atom. The van der Waals surface area contributed by atoms with Crippen LogP contribution >= 0.6 is 0 Å². The van der Waals surface area contributed by atoms with Crippen molar-refractivity contribution in [1.29, 1.82) is 0 Å². The average molecular weight is 350 g/mol.